The second-order valence-corrected chi connectivity index (χ2v) is 22.5. The topological polar surface area (TPSA) is 438 Å². The molecule has 0 aliphatic rings. The van der Waals surface area contributed by atoms with Crippen molar-refractivity contribution >= 4 is 173 Å². The first-order valence-electron chi connectivity index (χ1n) is 31.6. The van der Waals surface area contributed by atoms with Crippen molar-refractivity contribution in [2.24, 2.45) is 10.1 Å². The van der Waals surface area contributed by atoms with Crippen LogP contribution in [-0.4, -0.2) is 42.9 Å². The molecule has 27 heteroatoms. The van der Waals surface area contributed by atoms with E-state index >= 15 is 0 Å². The number of carbonyl (C=O) groups excluding carboxylic acids is 3. The molecule has 0 fully saturated rings. The summed E-state index contributed by atoms with van der Waals surface area (Å²) < 4.78 is 7.56. The van der Waals surface area contributed by atoms with E-state index in [1.54, 1.807) is 59.9 Å². The molecule has 3 amide bonds. The highest BCUT2D eigenvalue weighted by Crippen LogP contribution is 2.26. The average molecular weight is 1580 g/mol. The van der Waals surface area contributed by atoms with E-state index in [4.69, 9.17) is 29.4 Å². The molecule has 12 rings (SSSR count). The molecule has 9 aromatic carbocycles. The summed E-state index contributed by atoms with van der Waals surface area (Å²) in [6.07, 6.45) is 0. The van der Waals surface area contributed by atoms with Gasteiger partial charge in [-0.2, -0.15) is 0 Å². The molecule has 28 N–H and O–H groups in total. The first kappa shape index (κ1) is 107. The number of halogens is 1. The van der Waals surface area contributed by atoms with Gasteiger partial charge in [0, 0.05) is 45.0 Å². The summed E-state index contributed by atoms with van der Waals surface area (Å²) in [6, 6.07) is 75.6. The van der Waals surface area contributed by atoms with Crippen LogP contribution in [0.5, 0.6) is 0 Å². The molecule has 0 unspecified atom stereocenters. The maximum absolute atomic E-state index is 11.9. The Hall–Kier alpha value is -9.30. The number of rotatable bonds is 6. The zero-order valence-corrected chi connectivity index (χ0v) is 68.4. The van der Waals surface area contributed by atoms with Crippen LogP contribution in [0.15, 0.2) is 251 Å². The van der Waals surface area contributed by atoms with Gasteiger partial charge >= 0.3 is 0 Å². The smallest absolute Gasteiger partial charge is 0.288 e. The fourth-order valence-corrected chi connectivity index (χ4v) is 10.2. The van der Waals surface area contributed by atoms with Gasteiger partial charge in [0.2, 0.25) is 0 Å². The van der Waals surface area contributed by atoms with Crippen molar-refractivity contribution < 1.29 is 14.4 Å². The van der Waals surface area contributed by atoms with Gasteiger partial charge in [-0.05, 0) is 163 Å². The minimum atomic E-state index is -0.351. The van der Waals surface area contributed by atoms with Crippen LogP contribution >= 0.6 is 74.4 Å². The van der Waals surface area contributed by atoms with Crippen LogP contribution in [0.25, 0.3) is 30.6 Å². The van der Waals surface area contributed by atoms with E-state index in [1.165, 1.54) is 27.4 Å². The van der Waals surface area contributed by atoms with Crippen molar-refractivity contribution in [3.8, 4) is 0 Å². The zero-order chi connectivity index (χ0) is 72.8. The van der Waals surface area contributed by atoms with Gasteiger partial charge in [-0.3, -0.25) is 25.0 Å². The molecule has 20 nitrogen and oxygen atoms in total. The molecular weight excluding hydrogens is 1470 g/mol. The molecule has 560 valence electrons. The quantitative estimate of drug-likeness (QED) is 0.0543. The number of thiazole rings is 3. The molecule has 0 radical (unpaired) electrons. The predicted octanol–water partition coefficient (Wildman–Crippen LogP) is 23.2. The lowest BCUT2D eigenvalue weighted by Gasteiger charge is -2.09. The van der Waals surface area contributed by atoms with Crippen molar-refractivity contribution in [3.05, 3.63) is 274 Å². The van der Waals surface area contributed by atoms with Crippen LogP contribution in [0, 0.1) is 13.8 Å². The number of hydrogen-bond donors (Lipinski definition) is 13. The van der Waals surface area contributed by atoms with E-state index in [9.17, 15) is 14.4 Å². The first-order chi connectivity index (χ1) is 47.1. The molecule has 0 aliphatic carbocycles. The molecule has 3 heterocycles. The van der Waals surface area contributed by atoms with E-state index in [1.807, 2.05) is 285 Å². The number of fused-ring (bicyclic) bond motifs is 3. The summed E-state index contributed by atoms with van der Waals surface area (Å²) in [5, 5.41) is 14.2. The maximum Gasteiger partial charge on any atom is 0.288 e. The van der Waals surface area contributed by atoms with Crippen molar-refractivity contribution in [2.75, 3.05) is 27.4 Å². The average Bonchev–Trinajstić information content (AvgIpc) is 1.71. The monoisotopic (exact) mass is 1580 g/mol. The Morgan fingerprint density at radius 3 is 1.19 bits per heavy atom. The molecule has 0 saturated heterocycles. The highest BCUT2D eigenvalue weighted by atomic mass is 79.9. The molecule has 3 aromatic heterocycles. The number of nitrogens with one attached hydrogen (secondary N) is 4. The number of aryl methyl sites for hydroxylation is 2. The summed E-state index contributed by atoms with van der Waals surface area (Å²) >= 11 is 22.1. The van der Waals surface area contributed by atoms with E-state index in [-0.39, 0.29) is 64.8 Å². The number of nitrogens with zero attached hydrogens (tertiary/aromatic N) is 4. The highest BCUT2D eigenvalue weighted by molar-refractivity contribution is 9.10. The fraction of sp³-hybridized carbons (Fsp3) is 0.184. The van der Waals surface area contributed by atoms with Crippen LogP contribution in [-0.2, 0) is 12.4 Å². The number of carbonyl (C=O) groups is 3. The number of amides is 3. The molecule has 0 spiro atoms. The minimum absolute atomic E-state index is 0. The Bertz CT molecular complexity index is 3910. The summed E-state index contributed by atoms with van der Waals surface area (Å²) in [6.45, 7) is 28.0. The number of benzene rings is 9. The van der Waals surface area contributed by atoms with Gasteiger partial charge < -0.3 is 64.7 Å². The second kappa shape index (κ2) is 67.2. The Morgan fingerprint density at radius 1 is 0.417 bits per heavy atom. The molecule has 0 atom stereocenters. The van der Waals surface area contributed by atoms with Gasteiger partial charge in [-0.25, -0.2) is 15.0 Å². The lowest BCUT2D eigenvalue weighted by atomic mass is 10.2. The number of hydrogen-bond acceptors (Lipinski definition) is 20. The third kappa shape index (κ3) is 44.0. The van der Waals surface area contributed by atoms with Gasteiger partial charge in [0.05, 0.1) is 41.3 Å². The first-order valence-corrected chi connectivity index (χ1v) is 36.0. The van der Waals surface area contributed by atoms with Crippen LogP contribution in [0.1, 0.15) is 125 Å². The van der Waals surface area contributed by atoms with Gasteiger partial charge in [0.1, 0.15) is 0 Å². The summed E-state index contributed by atoms with van der Waals surface area (Å²) in [5.41, 5.74) is 24.8. The zero-order valence-electron chi connectivity index (χ0n) is 61.9. The number of anilines is 5. The van der Waals surface area contributed by atoms with Crippen molar-refractivity contribution in [1.29, 1.82) is 0 Å². The van der Waals surface area contributed by atoms with E-state index in [2.05, 4.69) is 87.2 Å². The van der Waals surface area contributed by atoms with Crippen LogP contribution < -0.4 is 75.4 Å². The molecule has 0 aliphatic heterocycles. The fourth-order valence-electron chi connectivity index (χ4n) is 6.93. The Balaban J connectivity index is -0.000000205. The van der Waals surface area contributed by atoms with Gasteiger partial charge in [-0.15, -0.1) is 15.7 Å². The van der Waals surface area contributed by atoms with Gasteiger partial charge in [-0.1, -0.05) is 245 Å². The van der Waals surface area contributed by atoms with Crippen molar-refractivity contribution in [1.82, 2.24) is 57.2 Å². The summed E-state index contributed by atoms with van der Waals surface area (Å²) in [7, 11) is 0. The second-order valence-electron chi connectivity index (χ2n) is 17.3. The van der Waals surface area contributed by atoms with Gasteiger partial charge in [0.15, 0.2) is 20.5 Å². The van der Waals surface area contributed by atoms with Gasteiger partial charge in [0.25, 0.3) is 17.7 Å². The van der Waals surface area contributed by atoms with Crippen molar-refractivity contribution in [3.63, 3.8) is 0 Å². The summed E-state index contributed by atoms with van der Waals surface area (Å²) in [4.78, 5) is 47.3. The van der Waals surface area contributed by atoms with E-state index in [0.29, 0.717) is 27.0 Å². The highest BCUT2D eigenvalue weighted by Gasteiger charge is 2.10. The Morgan fingerprint density at radius 2 is 0.786 bits per heavy atom. The van der Waals surface area contributed by atoms with Crippen LogP contribution in [0.3, 0.4) is 0 Å². The SMILES string of the molecule is CC.CC.CC.CC.CC.CC.Cc1ccccc1N.Cc1nc2ccccc2s1.N.N.N.N.N.N.NC(=S)Nc1ccccc1Br.Nc1nc2ccccc2s1.O=C(N=S)c1ccccc1.O=C(NC(=S)Nc1ccccc1)c1ccccc1.O=C(Nc1nc2ccccc2s1)c1ccccc1. The number of nitrogen functional groups attached to an aromatic ring is 2. The molecule has 12 aromatic rings. The molecular formula is C76H110BrN17O3S6. The number of para-hydroxylation sites is 6. The Kier molecular flexibility index (Phi) is 69.9. The summed E-state index contributed by atoms with van der Waals surface area (Å²) in [5.74, 6) is -0.700. The molecule has 103 heavy (non-hydrogen) atoms. The van der Waals surface area contributed by atoms with Crippen LogP contribution in [0.2, 0.25) is 0 Å². The lowest BCUT2D eigenvalue weighted by Crippen LogP contribution is -2.34. The molecule has 0 saturated carbocycles. The largest absolute Gasteiger partial charge is 0.399 e. The normalized spacial score (nSPS) is 8.42. The van der Waals surface area contributed by atoms with Crippen molar-refractivity contribution in [2.45, 2.75) is 96.9 Å². The Labute approximate surface area is 648 Å². The van der Waals surface area contributed by atoms with E-state index in [0.717, 1.165) is 58.1 Å². The molecule has 0 bridgehead atoms. The lowest BCUT2D eigenvalue weighted by molar-refractivity contribution is 0.0974. The maximum atomic E-state index is 11.9. The van der Waals surface area contributed by atoms with E-state index < -0.39 is 0 Å². The standard InChI is InChI=1S/C14H10N2OS.C14H12N2OS.C8H7NS.C7H7BrN2S.C7H6N2S.C7H5NOS.C7H9N.6C2H6.6H3N/c17-13(10-6-2-1-3-7-10)16-14-15-11-8-4-5-9-12(11)18-14;17-13(11-7-3-1-4-8-11)16-14(18)15-12-9-5-2-6-10-12;1-6-9-7-4-2-3-5-8(7)10-6;8-5-3-1-2-4-6(5)10-7(9)11;8-7-9-5-3-1-2-4-6(5)10-7;9-7(8-10)6-4-2-1-3-5-6;1-6-4-2-3-5-7(6)8;6*1-2;;;;;;/h1-9H,(H,15,16,17);1-10H,(H2,15,16,17,18);2-5H,1H3;1-4H,(H3,9,10,11);1-4H,(H2,8,9);1-5H;2-5H,8H2,1H3;6*1-2H3;6*1H3. The minimum Gasteiger partial charge on any atom is -0.399 e. The predicted molar refractivity (Wildman–Crippen MR) is 468 cm³/mol. The van der Waals surface area contributed by atoms with Crippen LogP contribution in [0.4, 0.5) is 27.3 Å². The number of thiocarbonyl (C=S) groups is 2. The number of nitrogens with two attached hydrogens (primary N) is 3. The number of aromatic nitrogens is 3. The third-order valence-electron chi connectivity index (χ3n) is 11.0. The third-order valence-corrected chi connectivity index (χ3v) is 14.9.